The molecule has 0 aliphatic rings. The first kappa shape index (κ1) is 58.9. The van der Waals surface area contributed by atoms with E-state index in [1.807, 2.05) is 0 Å². The summed E-state index contributed by atoms with van der Waals surface area (Å²) in [6, 6.07) is 19.9. The van der Waals surface area contributed by atoms with Gasteiger partial charge < -0.3 is 41.7 Å². The molecule has 0 bridgehead atoms. The molecule has 0 fully saturated rings. The standard InChI is InChI=1S/C46H30Cl2N14O18S4/c47-41-53-43(57-45(55-41)51-29-17-27(81(69,70)71)12-21-14-31(83(75,76)77)35(37(63)33(21)29)61-59-23-8-4-19(5-9-23)39(65)66)49-25-2-1-3-26(16-25)50-44-54-42(48)56-46(58-44)52-30-18-28(82(72,73)74)13-22-15-32(84(78,79)80)36(38(64)34(22)30)62-60-24-10-6-20(7-11-24)40(67)68/h1-18,63-64H,(H,65,66)(H,67,68)(H,69,70,71)(H,72,73,74)(H,75,76,77)(H,78,79,80)(H2,49,51,53,55,57)(H2,50,52,54,56,58). The Morgan fingerprint density at radius 3 is 1.10 bits per heavy atom. The third-order valence-electron chi connectivity index (χ3n) is 11.2. The molecule has 430 valence electrons. The van der Waals surface area contributed by atoms with Crippen LogP contribution in [0.4, 0.5) is 69.3 Å². The van der Waals surface area contributed by atoms with Gasteiger partial charge in [-0.05, 0) is 137 Å². The van der Waals surface area contributed by atoms with Gasteiger partial charge in [-0.2, -0.15) is 73.8 Å². The van der Waals surface area contributed by atoms with Crippen LogP contribution in [0.3, 0.4) is 0 Å². The molecule has 0 radical (unpaired) electrons. The van der Waals surface area contributed by atoms with Gasteiger partial charge in [0.1, 0.15) is 21.2 Å². The van der Waals surface area contributed by atoms with Crippen molar-refractivity contribution in [3.8, 4) is 11.5 Å². The number of nitrogens with zero attached hydrogens (tertiary/aromatic N) is 10. The number of azo groups is 2. The number of nitrogens with one attached hydrogen (secondary N) is 4. The van der Waals surface area contributed by atoms with E-state index in [0.717, 1.165) is 60.7 Å². The Morgan fingerprint density at radius 2 is 0.774 bits per heavy atom. The summed E-state index contributed by atoms with van der Waals surface area (Å²) >= 11 is 12.6. The van der Waals surface area contributed by atoms with E-state index in [9.17, 15) is 81.9 Å². The first-order valence-corrected chi connectivity index (χ1v) is 29.0. The van der Waals surface area contributed by atoms with Gasteiger partial charge in [0.25, 0.3) is 40.5 Å². The predicted octanol–water partition coefficient (Wildman–Crippen LogP) is 9.27. The highest BCUT2D eigenvalue weighted by Gasteiger charge is 2.28. The zero-order valence-electron chi connectivity index (χ0n) is 40.9. The number of fused-ring (bicyclic) bond motifs is 2. The number of carboxylic acid groups (broad SMARTS) is 2. The molecule has 0 atom stereocenters. The Balaban J connectivity index is 1.02. The number of aromatic hydroxyl groups is 2. The van der Waals surface area contributed by atoms with Crippen LogP contribution in [0.25, 0.3) is 21.5 Å². The number of carbonyl (C=O) groups is 2. The molecule has 0 aliphatic heterocycles. The zero-order chi connectivity index (χ0) is 60.8. The Labute approximate surface area is 479 Å². The van der Waals surface area contributed by atoms with Crippen LogP contribution in [0.1, 0.15) is 20.7 Å². The molecule has 0 unspecified atom stereocenters. The number of aromatic carboxylic acids is 2. The van der Waals surface area contributed by atoms with E-state index in [-0.39, 0.29) is 45.8 Å². The average Bonchev–Trinajstić information content (AvgIpc) is 1.95. The minimum absolute atomic E-state index is 0.0335. The van der Waals surface area contributed by atoms with Crippen molar-refractivity contribution in [2.75, 3.05) is 21.3 Å². The van der Waals surface area contributed by atoms with Gasteiger partial charge in [0.2, 0.25) is 34.4 Å². The molecule has 0 aliphatic carbocycles. The molecule has 0 saturated carbocycles. The van der Waals surface area contributed by atoms with Crippen LogP contribution in [0.5, 0.6) is 11.5 Å². The fraction of sp³-hybridized carbons (Fsp3) is 0. The number of carboxylic acids is 2. The summed E-state index contributed by atoms with van der Waals surface area (Å²) in [6.07, 6.45) is 0. The number of phenols is 2. The van der Waals surface area contributed by atoms with Crippen molar-refractivity contribution >= 4 is 166 Å². The number of rotatable bonds is 18. The van der Waals surface area contributed by atoms with E-state index >= 15 is 0 Å². The lowest BCUT2D eigenvalue weighted by Crippen LogP contribution is -2.07. The van der Waals surface area contributed by atoms with Crippen molar-refractivity contribution in [2.45, 2.75) is 19.6 Å². The summed E-state index contributed by atoms with van der Waals surface area (Å²) in [5.74, 6) is -6.10. The van der Waals surface area contributed by atoms with E-state index in [1.165, 1.54) is 48.5 Å². The second-order valence-corrected chi connectivity index (χ2v) is 23.2. The largest absolute Gasteiger partial charge is 0.505 e. The van der Waals surface area contributed by atoms with Crippen molar-refractivity contribution < 1.29 is 81.9 Å². The SMILES string of the molecule is O=C(O)c1ccc(N=Nc2c(S(=O)(=O)O)cc3cc(S(=O)(=O)O)cc(Nc4nc(Cl)nc(Nc5cccc(Nc6nc(Cl)nc(Nc7cc(S(=O)(=O)O)cc8cc(S(=O)(=O)O)c(N=Nc9ccc(C(=O)O)cc9)c(O)c78)n6)c5)n4)c3c2O)cc1. The summed E-state index contributed by atoms with van der Waals surface area (Å²) < 4.78 is 141. The molecule has 9 aromatic rings. The van der Waals surface area contributed by atoms with Crippen LogP contribution in [-0.2, 0) is 40.5 Å². The number of hydrogen-bond acceptors (Lipinski definition) is 26. The second-order valence-electron chi connectivity index (χ2n) is 16.9. The average molecular weight is 1270 g/mol. The van der Waals surface area contributed by atoms with E-state index in [0.29, 0.717) is 0 Å². The summed E-state index contributed by atoms with van der Waals surface area (Å²) in [6.45, 7) is 0. The van der Waals surface area contributed by atoms with Gasteiger partial charge in [-0.25, -0.2) is 9.59 Å². The van der Waals surface area contributed by atoms with Gasteiger partial charge in [-0.1, -0.05) is 6.07 Å². The molecular formula is C46H30Cl2N14O18S4. The maximum absolute atomic E-state index is 12.6. The lowest BCUT2D eigenvalue weighted by atomic mass is 10.1. The molecular weight excluding hydrogens is 1240 g/mol. The Bertz CT molecular complexity index is 4500. The van der Waals surface area contributed by atoms with Crippen molar-refractivity contribution in [3.05, 3.63) is 131 Å². The highest BCUT2D eigenvalue weighted by atomic mass is 35.5. The lowest BCUT2D eigenvalue weighted by molar-refractivity contribution is 0.0686. The summed E-state index contributed by atoms with van der Waals surface area (Å²) in [5.41, 5.74) is -2.52. The lowest BCUT2D eigenvalue weighted by Gasteiger charge is -2.15. The molecule has 9 rings (SSSR count). The normalized spacial score (nSPS) is 12.3. The molecule has 0 saturated heterocycles. The van der Waals surface area contributed by atoms with Crippen molar-refractivity contribution in [3.63, 3.8) is 0 Å². The van der Waals surface area contributed by atoms with E-state index < -0.39 is 150 Å². The topological polar surface area (TPSA) is 507 Å². The molecule has 7 aromatic carbocycles. The molecule has 2 heterocycles. The maximum atomic E-state index is 12.6. The molecule has 12 N–H and O–H groups in total. The number of hydrogen-bond donors (Lipinski definition) is 12. The monoisotopic (exact) mass is 1260 g/mol. The third kappa shape index (κ3) is 13.3. The minimum atomic E-state index is -5.27. The summed E-state index contributed by atoms with van der Waals surface area (Å²) in [5, 5.41) is 65.3. The Kier molecular flexibility index (Phi) is 15.8. The Hall–Kier alpha value is -9.76. The number of aromatic nitrogens is 6. The molecule has 38 heteroatoms. The number of anilines is 8. The highest BCUT2D eigenvalue weighted by molar-refractivity contribution is 7.86. The van der Waals surface area contributed by atoms with E-state index in [1.54, 1.807) is 0 Å². The molecule has 0 spiro atoms. The predicted molar refractivity (Wildman–Crippen MR) is 295 cm³/mol. The first-order chi connectivity index (χ1) is 39.4. The van der Waals surface area contributed by atoms with Crippen LogP contribution in [0.15, 0.2) is 149 Å². The fourth-order valence-corrected chi connectivity index (χ4v) is 10.4. The molecule has 32 nitrogen and oxygen atoms in total. The van der Waals surface area contributed by atoms with Gasteiger partial charge >= 0.3 is 11.9 Å². The number of phenolic OH excluding ortho intramolecular Hbond substituents is 2. The van der Waals surface area contributed by atoms with Crippen LogP contribution < -0.4 is 21.3 Å². The van der Waals surface area contributed by atoms with Gasteiger partial charge in [-0.3, -0.25) is 18.2 Å². The van der Waals surface area contributed by atoms with E-state index in [2.05, 4.69) is 71.6 Å². The van der Waals surface area contributed by atoms with Crippen LogP contribution in [-0.4, -0.2) is 114 Å². The molecule has 2 aromatic heterocycles. The second kappa shape index (κ2) is 22.5. The van der Waals surface area contributed by atoms with Gasteiger partial charge in [0.05, 0.1) is 43.7 Å². The van der Waals surface area contributed by atoms with Crippen LogP contribution >= 0.6 is 23.2 Å². The van der Waals surface area contributed by atoms with Gasteiger partial charge in [0, 0.05) is 22.1 Å². The van der Waals surface area contributed by atoms with Gasteiger partial charge in [-0.15, -0.1) is 10.2 Å². The fourth-order valence-electron chi connectivity index (χ4n) is 7.66. The zero-order valence-corrected chi connectivity index (χ0v) is 45.7. The van der Waals surface area contributed by atoms with E-state index in [4.69, 9.17) is 23.2 Å². The molecule has 84 heavy (non-hydrogen) atoms. The summed E-state index contributed by atoms with van der Waals surface area (Å²) in [7, 11) is -20.7. The van der Waals surface area contributed by atoms with Crippen LogP contribution in [0.2, 0.25) is 10.6 Å². The quantitative estimate of drug-likeness (QED) is 0.0281. The highest BCUT2D eigenvalue weighted by Crippen LogP contribution is 2.48. The number of halogens is 2. The first-order valence-electron chi connectivity index (χ1n) is 22.5. The van der Waals surface area contributed by atoms with Crippen molar-refractivity contribution in [2.24, 2.45) is 20.5 Å². The van der Waals surface area contributed by atoms with Gasteiger partial charge in [0.15, 0.2) is 11.5 Å². The van der Waals surface area contributed by atoms with Crippen LogP contribution in [0, 0.1) is 0 Å². The Morgan fingerprint density at radius 1 is 0.429 bits per heavy atom. The van der Waals surface area contributed by atoms with Crippen molar-refractivity contribution in [1.82, 2.24) is 29.9 Å². The third-order valence-corrected chi connectivity index (χ3v) is 15.0. The maximum Gasteiger partial charge on any atom is 0.335 e. The number of benzene rings is 7. The smallest absolute Gasteiger partial charge is 0.335 e. The van der Waals surface area contributed by atoms with Crippen molar-refractivity contribution in [1.29, 1.82) is 0 Å². The summed E-state index contributed by atoms with van der Waals surface area (Å²) in [4.78, 5) is 43.3. The molecule has 0 amide bonds. The minimum Gasteiger partial charge on any atom is -0.505 e.